The maximum absolute atomic E-state index is 11.5. The van der Waals surface area contributed by atoms with E-state index in [1.807, 2.05) is 0 Å². The molecular weight excluding hydrogens is 250 g/mol. The van der Waals surface area contributed by atoms with Crippen LogP contribution in [0.3, 0.4) is 0 Å². The SMILES string of the molecule is CC(C#N)S(=O)(=O)Nc1ccc(N)cc1Cl. The third-order valence-corrected chi connectivity index (χ3v) is 3.75. The minimum absolute atomic E-state index is 0.189. The Labute approximate surface area is 98.9 Å². The lowest BCUT2D eigenvalue weighted by Crippen LogP contribution is -2.23. The Bertz CT molecular complexity index is 536. The summed E-state index contributed by atoms with van der Waals surface area (Å²) in [6.45, 7) is 1.29. The Balaban J connectivity index is 3.03. The van der Waals surface area contributed by atoms with Crippen LogP contribution in [-0.4, -0.2) is 13.7 Å². The molecule has 0 bridgehead atoms. The molecule has 0 aliphatic carbocycles. The van der Waals surface area contributed by atoms with Crippen molar-refractivity contribution in [3.05, 3.63) is 23.2 Å². The van der Waals surface area contributed by atoms with Gasteiger partial charge in [0.25, 0.3) is 0 Å². The normalized spacial score (nSPS) is 12.8. The molecule has 0 saturated carbocycles. The largest absolute Gasteiger partial charge is 0.399 e. The van der Waals surface area contributed by atoms with Crippen molar-refractivity contribution in [1.29, 1.82) is 5.26 Å². The van der Waals surface area contributed by atoms with Crippen LogP contribution in [0.2, 0.25) is 5.02 Å². The molecule has 0 radical (unpaired) electrons. The zero-order valence-corrected chi connectivity index (χ0v) is 10.0. The van der Waals surface area contributed by atoms with Gasteiger partial charge in [0, 0.05) is 5.69 Å². The van der Waals surface area contributed by atoms with Crippen LogP contribution in [0.5, 0.6) is 0 Å². The van der Waals surface area contributed by atoms with Gasteiger partial charge in [0.15, 0.2) is 5.25 Å². The zero-order valence-electron chi connectivity index (χ0n) is 8.44. The molecule has 5 nitrogen and oxygen atoms in total. The Morgan fingerprint density at radius 3 is 2.69 bits per heavy atom. The molecule has 0 saturated heterocycles. The summed E-state index contributed by atoms with van der Waals surface area (Å²) in [6, 6.07) is 6.02. The number of nitriles is 1. The summed E-state index contributed by atoms with van der Waals surface area (Å²) >= 11 is 5.79. The topological polar surface area (TPSA) is 96.0 Å². The van der Waals surface area contributed by atoms with Gasteiger partial charge >= 0.3 is 0 Å². The van der Waals surface area contributed by atoms with E-state index in [0.29, 0.717) is 5.69 Å². The van der Waals surface area contributed by atoms with Crippen LogP contribution < -0.4 is 10.5 Å². The molecule has 0 aliphatic rings. The Kier molecular flexibility index (Phi) is 3.62. The minimum atomic E-state index is -3.74. The summed E-state index contributed by atoms with van der Waals surface area (Å²) in [5, 5.41) is 7.58. The third kappa shape index (κ3) is 2.78. The first-order valence-electron chi connectivity index (χ1n) is 4.33. The third-order valence-electron chi connectivity index (χ3n) is 1.89. The fraction of sp³-hybridized carbons (Fsp3) is 0.222. The van der Waals surface area contributed by atoms with Crippen molar-refractivity contribution in [2.75, 3.05) is 10.5 Å². The van der Waals surface area contributed by atoms with Gasteiger partial charge < -0.3 is 5.73 Å². The Morgan fingerprint density at radius 2 is 2.19 bits per heavy atom. The second-order valence-corrected chi connectivity index (χ2v) is 5.57. The quantitative estimate of drug-likeness (QED) is 0.806. The number of anilines is 2. The number of nitrogens with two attached hydrogens (primary N) is 1. The van der Waals surface area contributed by atoms with Gasteiger partial charge in [-0.3, -0.25) is 4.72 Å². The first kappa shape index (κ1) is 12.6. The van der Waals surface area contributed by atoms with Crippen molar-refractivity contribution in [2.45, 2.75) is 12.2 Å². The van der Waals surface area contributed by atoms with E-state index in [2.05, 4.69) is 4.72 Å². The van der Waals surface area contributed by atoms with Crippen LogP contribution in [0.25, 0.3) is 0 Å². The monoisotopic (exact) mass is 259 g/mol. The number of sulfonamides is 1. The lowest BCUT2D eigenvalue weighted by atomic mass is 10.3. The van der Waals surface area contributed by atoms with Crippen molar-refractivity contribution in [3.63, 3.8) is 0 Å². The van der Waals surface area contributed by atoms with Gasteiger partial charge in [-0.2, -0.15) is 5.26 Å². The smallest absolute Gasteiger partial charge is 0.248 e. The average Bonchev–Trinajstić information content (AvgIpc) is 2.21. The molecule has 16 heavy (non-hydrogen) atoms. The zero-order chi connectivity index (χ0) is 12.3. The number of benzene rings is 1. The standard InChI is InChI=1S/C9H10ClN3O2S/c1-6(5-11)16(14,15)13-9-3-2-7(12)4-8(9)10/h2-4,6,13H,12H2,1H3. The van der Waals surface area contributed by atoms with Gasteiger partial charge in [-0.05, 0) is 25.1 Å². The number of rotatable bonds is 3. The second kappa shape index (κ2) is 4.60. The summed E-state index contributed by atoms with van der Waals surface area (Å²) in [5.41, 5.74) is 6.10. The van der Waals surface area contributed by atoms with Gasteiger partial charge in [-0.15, -0.1) is 0 Å². The van der Waals surface area contributed by atoms with Crippen LogP contribution in [0.15, 0.2) is 18.2 Å². The molecule has 0 aliphatic heterocycles. The predicted molar refractivity (Wildman–Crippen MR) is 63.5 cm³/mol. The van der Waals surface area contributed by atoms with E-state index < -0.39 is 15.3 Å². The molecule has 0 aromatic heterocycles. The van der Waals surface area contributed by atoms with E-state index in [1.165, 1.54) is 25.1 Å². The van der Waals surface area contributed by atoms with Crippen molar-refractivity contribution >= 4 is 33.0 Å². The van der Waals surface area contributed by atoms with Crippen molar-refractivity contribution < 1.29 is 8.42 Å². The number of hydrogen-bond donors (Lipinski definition) is 2. The highest BCUT2D eigenvalue weighted by Crippen LogP contribution is 2.25. The van der Waals surface area contributed by atoms with Crippen LogP contribution >= 0.6 is 11.6 Å². The minimum Gasteiger partial charge on any atom is -0.399 e. The fourth-order valence-corrected chi connectivity index (χ4v) is 2.02. The summed E-state index contributed by atoms with van der Waals surface area (Å²) in [7, 11) is -3.74. The first-order chi connectivity index (χ1) is 7.36. The van der Waals surface area contributed by atoms with Gasteiger partial charge in [0.1, 0.15) is 0 Å². The molecule has 1 aromatic carbocycles. The maximum Gasteiger partial charge on any atom is 0.248 e. The molecule has 7 heteroatoms. The van der Waals surface area contributed by atoms with Gasteiger partial charge in [-0.1, -0.05) is 11.6 Å². The van der Waals surface area contributed by atoms with Gasteiger partial charge in [0.05, 0.1) is 16.8 Å². The van der Waals surface area contributed by atoms with E-state index in [0.717, 1.165) is 0 Å². The molecule has 3 N–H and O–H groups in total. The molecule has 1 rings (SSSR count). The number of nitrogens with one attached hydrogen (secondary N) is 1. The van der Waals surface area contributed by atoms with Gasteiger partial charge in [-0.25, -0.2) is 8.42 Å². The number of hydrogen-bond acceptors (Lipinski definition) is 4. The highest BCUT2D eigenvalue weighted by atomic mass is 35.5. The highest BCUT2D eigenvalue weighted by molar-refractivity contribution is 7.93. The average molecular weight is 260 g/mol. The Morgan fingerprint density at radius 1 is 1.56 bits per heavy atom. The van der Waals surface area contributed by atoms with Crippen LogP contribution in [-0.2, 0) is 10.0 Å². The molecule has 0 fully saturated rings. The van der Waals surface area contributed by atoms with Crippen LogP contribution in [0.4, 0.5) is 11.4 Å². The molecule has 0 amide bonds. The van der Waals surface area contributed by atoms with Crippen molar-refractivity contribution in [1.82, 2.24) is 0 Å². The number of nitrogens with zero attached hydrogens (tertiary/aromatic N) is 1. The van der Waals surface area contributed by atoms with Crippen molar-refractivity contribution in [2.24, 2.45) is 0 Å². The van der Waals surface area contributed by atoms with E-state index in [9.17, 15) is 8.42 Å². The van der Waals surface area contributed by atoms with Crippen LogP contribution in [0, 0.1) is 11.3 Å². The first-order valence-corrected chi connectivity index (χ1v) is 6.25. The molecule has 0 spiro atoms. The molecule has 1 atom stereocenters. The van der Waals surface area contributed by atoms with Crippen molar-refractivity contribution in [3.8, 4) is 6.07 Å². The summed E-state index contributed by atoms with van der Waals surface area (Å²) in [5.74, 6) is 0. The van der Waals surface area contributed by atoms with Crippen LogP contribution in [0.1, 0.15) is 6.92 Å². The maximum atomic E-state index is 11.5. The number of halogens is 1. The van der Waals surface area contributed by atoms with Gasteiger partial charge in [0.2, 0.25) is 10.0 Å². The highest BCUT2D eigenvalue weighted by Gasteiger charge is 2.20. The fourth-order valence-electron chi connectivity index (χ4n) is 0.925. The lowest BCUT2D eigenvalue weighted by molar-refractivity contribution is 0.597. The summed E-state index contributed by atoms with van der Waals surface area (Å²) in [6.07, 6.45) is 0. The summed E-state index contributed by atoms with van der Waals surface area (Å²) in [4.78, 5) is 0. The molecule has 1 unspecified atom stereocenters. The molecular formula is C9H10ClN3O2S. The Hall–Kier alpha value is -1.45. The predicted octanol–water partition coefficient (Wildman–Crippen LogP) is 1.58. The van der Waals surface area contributed by atoms with E-state index in [-0.39, 0.29) is 10.7 Å². The molecule has 1 aromatic rings. The lowest BCUT2D eigenvalue weighted by Gasteiger charge is -2.10. The molecule has 0 heterocycles. The summed E-state index contributed by atoms with van der Waals surface area (Å²) < 4.78 is 25.3. The van der Waals surface area contributed by atoms with E-state index in [4.69, 9.17) is 22.6 Å². The molecule has 86 valence electrons. The number of nitrogen functional groups attached to an aromatic ring is 1. The second-order valence-electron chi connectivity index (χ2n) is 3.16. The van der Waals surface area contributed by atoms with E-state index >= 15 is 0 Å². The van der Waals surface area contributed by atoms with E-state index in [1.54, 1.807) is 6.07 Å².